The summed E-state index contributed by atoms with van der Waals surface area (Å²) < 4.78 is 0. The minimum atomic E-state index is -0.963. The van der Waals surface area contributed by atoms with Crippen LogP contribution in [0.4, 0.5) is 0 Å². The largest absolute Gasteiger partial charge is 0.550 e. The van der Waals surface area contributed by atoms with E-state index in [9.17, 15) is 15.0 Å². The number of carbonyl (C=O) groups is 1. The Bertz CT molecular complexity index is 1570. The number of pyridine rings is 1. The van der Waals surface area contributed by atoms with E-state index in [2.05, 4.69) is 36.4 Å². The molecule has 0 bridgehead atoms. The fourth-order valence-electron chi connectivity index (χ4n) is 5.34. The number of nitrogens with zero attached hydrogens (tertiary/aromatic N) is 1. The molecule has 3 aromatic carbocycles. The molecule has 0 radical (unpaired) electrons. The average molecular weight is 585 g/mol. The van der Waals surface area contributed by atoms with Crippen LogP contribution >= 0.6 is 23.4 Å². The van der Waals surface area contributed by atoms with Crippen LogP contribution in [0, 0.1) is 5.41 Å². The van der Waals surface area contributed by atoms with Crippen LogP contribution in [-0.2, 0) is 16.8 Å². The van der Waals surface area contributed by atoms with E-state index in [1.165, 1.54) is 5.56 Å². The Hall–Kier alpha value is -3.12. The first kappa shape index (κ1) is 29.4. The molecule has 1 atom stereocenters. The van der Waals surface area contributed by atoms with Crippen molar-refractivity contribution >= 4 is 52.4 Å². The highest BCUT2D eigenvalue weighted by atomic mass is 35.5. The second-order valence-electron chi connectivity index (χ2n) is 11.7. The van der Waals surface area contributed by atoms with Gasteiger partial charge in [0.15, 0.2) is 0 Å². The third kappa shape index (κ3) is 7.79. The van der Waals surface area contributed by atoms with Crippen LogP contribution < -0.4 is 5.11 Å². The summed E-state index contributed by atoms with van der Waals surface area (Å²) >= 11 is 8.01. The molecule has 4 nitrogen and oxygen atoms in total. The van der Waals surface area contributed by atoms with E-state index < -0.39 is 11.6 Å². The number of fused-ring (bicyclic) bond motifs is 1. The minimum absolute atomic E-state index is 0.126. The summed E-state index contributed by atoms with van der Waals surface area (Å²) in [6.45, 7) is 3.65. The van der Waals surface area contributed by atoms with Gasteiger partial charge in [0.25, 0.3) is 0 Å². The molecular formula is C35H35ClNO3S-. The Labute approximate surface area is 251 Å². The molecule has 0 unspecified atom stereocenters. The first-order chi connectivity index (χ1) is 19.6. The molecule has 0 aliphatic heterocycles. The van der Waals surface area contributed by atoms with E-state index in [4.69, 9.17) is 16.6 Å². The molecule has 1 aliphatic carbocycles. The number of aliphatic carboxylic acids is 1. The van der Waals surface area contributed by atoms with Gasteiger partial charge in [-0.15, -0.1) is 0 Å². The number of hydrogen-bond acceptors (Lipinski definition) is 5. The van der Waals surface area contributed by atoms with Crippen LogP contribution in [0.2, 0.25) is 5.02 Å². The van der Waals surface area contributed by atoms with Gasteiger partial charge >= 0.3 is 0 Å². The van der Waals surface area contributed by atoms with Crippen molar-refractivity contribution in [1.82, 2.24) is 4.98 Å². The molecule has 1 saturated carbocycles. The van der Waals surface area contributed by atoms with Crippen molar-refractivity contribution in [2.45, 2.75) is 56.8 Å². The number of thioether (sulfide) groups is 1. The van der Waals surface area contributed by atoms with Gasteiger partial charge in [-0.05, 0) is 104 Å². The molecule has 0 amide bonds. The average Bonchev–Trinajstić information content (AvgIpc) is 3.70. The molecular weight excluding hydrogens is 550 g/mol. The molecule has 0 spiro atoms. The second-order valence-corrected chi connectivity index (χ2v) is 13.3. The third-order valence-corrected chi connectivity index (χ3v) is 9.75. The second kappa shape index (κ2) is 12.4. The highest BCUT2D eigenvalue weighted by Crippen LogP contribution is 2.53. The van der Waals surface area contributed by atoms with Crippen LogP contribution in [-0.4, -0.2) is 21.8 Å². The van der Waals surface area contributed by atoms with Crippen molar-refractivity contribution in [3.05, 3.63) is 112 Å². The number of aryl methyl sites for hydroxylation is 1. The molecule has 4 aromatic rings. The number of aliphatic hydroxyl groups is 1. The van der Waals surface area contributed by atoms with E-state index in [1.54, 1.807) is 0 Å². The molecule has 212 valence electrons. The molecule has 6 heteroatoms. The van der Waals surface area contributed by atoms with Crippen LogP contribution in [0.15, 0.2) is 78.9 Å². The van der Waals surface area contributed by atoms with Gasteiger partial charge in [0.1, 0.15) is 0 Å². The smallest absolute Gasteiger partial charge is 0.0843 e. The summed E-state index contributed by atoms with van der Waals surface area (Å²) in [5.41, 5.74) is 5.03. The van der Waals surface area contributed by atoms with Crippen molar-refractivity contribution in [2.24, 2.45) is 5.41 Å². The van der Waals surface area contributed by atoms with E-state index in [-0.39, 0.29) is 17.1 Å². The zero-order valence-electron chi connectivity index (χ0n) is 23.5. The lowest BCUT2D eigenvalue weighted by Gasteiger charge is -2.24. The molecule has 5 rings (SSSR count). The van der Waals surface area contributed by atoms with Crippen molar-refractivity contribution in [3.8, 4) is 0 Å². The highest BCUT2D eigenvalue weighted by Gasteiger charge is 2.42. The molecule has 1 aliphatic rings. The van der Waals surface area contributed by atoms with Crippen LogP contribution in [0.3, 0.4) is 0 Å². The first-order valence-electron chi connectivity index (χ1n) is 14.1. The number of benzene rings is 3. The van der Waals surface area contributed by atoms with Crippen LogP contribution in [0.1, 0.15) is 72.7 Å². The molecule has 41 heavy (non-hydrogen) atoms. The lowest BCUT2D eigenvalue weighted by Crippen LogP contribution is -2.26. The molecule has 0 saturated heterocycles. The predicted octanol–water partition coefficient (Wildman–Crippen LogP) is 7.61. The predicted molar refractivity (Wildman–Crippen MR) is 169 cm³/mol. The fourth-order valence-corrected chi connectivity index (χ4v) is 7.08. The number of carboxylic acids is 1. The standard InChI is InChI=1S/C35H36ClNO3S/c1-34(2,40)30-9-4-3-7-25(30)13-17-32(41-23-35(18-19-35)22-33(38)39)27-8-5-6-24(20-27)10-15-29-16-12-26-11-14-28(36)21-31(26)37-29/h3-12,14-16,20-21,32,40H,13,17-19,22-23H2,1-2H3,(H,38,39)/p-1/b15-10-/t32-/m1/s1. The van der Waals surface area contributed by atoms with Crippen molar-refractivity contribution in [3.63, 3.8) is 0 Å². The van der Waals surface area contributed by atoms with Crippen molar-refractivity contribution < 1.29 is 15.0 Å². The maximum atomic E-state index is 11.4. The molecule has 1 fully saturated rings. The Morgan fingerprint density at radius 1 is 1.07 bits per heavy atom. The number of hydrogen-bond donors (Lipinski definition) is 1. The lowest BCUT2D eigenvalue weighted by molar-refractivity contribution is -0.307. The Morgan fingerprint density at radius 2 is 1.85 bits per heavy atom. The third-order valence-electron chi connectivity index (χ3n) is 7.82. The topological polar surface area (TPSA) is 73.2 Å². The van der Waals surface area contributed by atoms with Gasteiger partial charge in [-0.3, -0.25) is 0 Å². The highest BCUT2D eigenvalue weighted by molar-refractivity contribution is 7.99. The normalized spacial score (nSPS) is 15.3. The molecule has 1 aromatic heterocycles. The summed E-state index contributed by atoms with van der Waals surface area (Å²) in [5.74, 6) is -0.168. The van der Waals surface area contributed by atoms with Gasteiger partial charge in [0.2, 0.25) is 0 Å². The van der Waals surface area contributed by atoms with E-state index in [1.807, 2.05) is 80.2 Å². The van der Waals surface area contributed by atoms with Crippen molar-refractivity contribution in [2.75, 3.05) is 5.75 Å². The summed E-state index contributed by atoms with van der Waals surface area (Å²) in [6.07, 6.45) is 7.78. The summed E-state index contributed by atoms with van der Waals surface area (Å²) in [4.78, 5) is 16.1. The van der Waals surface area contributed by atoms with Crippen LogP contribution in [0.25, 0.3) is 23.1 Å². The van der Waals surface area contributed by atoms with Gasteiger partial charge < -0.3 is 15.0 Å². The first-order valence-corrected chi connectivity index (χ1v) is 15.5. The number of rotatable bonds is 12. The molecule has 1 N–H and O–H groups in total. The quantitative estimate of drug-likeness (QED) is 0.185. The van der Waals surface area contributed by atoms with E-state index >= 15 is 0 Å². The number of halogens is 1. The minimum Gasteiger partial charge on any atom is -0.550 e. The fraction of sp³-hybridized carbons (Fsp3) is 0.314. The number of aromatic nitrogens is 1. The number of carboxylic acid groups (broad SMARTS) is 1. The number of carbonyl (C=O) groups excluding carboxylic acids is 1. The van der Waals surface area contributed by atoms with Gasteiger partial charge in [-0.1, -0.05) is 78.3 Å². The summed E-state index contributed by atoms with van der Waals surface area (Å²) in [7, 11) is 0. The van der Waals surface area contributed by atoms with Crippen molar-refractivity contribution in [1.29, 1.82) is 0 Å². The maximum absolute atomic E-state index is 11.4. The SMILES string of the molecule is CC(C)(O)c1ccccc1CC[C@@H](SCC1(CC(=O)[O-])CC1)c1cccc(/C=C\c2ccc3ccc(Cl)cc3n2)c1. The van der Waals surface area contributed by atoms with Gasteiger partial charge in [0.05, 0.1) is 16.8 Å². The van der Waals surface area contributed by atoms with Gasteiger partial charge in [0, 0.05) is 21.6 Å². The lowest BCUT2D eigenvalue weighted by atomic mass is 9.90. The Balaban J connectivity index is 1.37. The summed E-state index contributed by atoms with van der Waals surface area (Å²) in [5, 5.41) is 24.0. The monoisotopic (exact) mass is 584 g/mol. The Kier molecular flexibility index (Phi) is 8.88. The van der Waals surface area contributed by atoms with Gasteiger partial charge in [-0.2, -0.15) is 11.8 Å². The summed E-state index contributed by atoms with van der Waals surface area (Å²) in [6, 6.07) is 26.4. The maximum Gasteiger partial charge on any atom is 0.0843 e. The molecule has 1 heterocycles. The van der Waals surface area contributed by atoms with Crippen LogP contribution in [0.5, 0.6) is 0 Å². The van der Waals surface area contributed by atoms with E-state index in [0.717, 1.165) is 64.7 Å². The zero-order chi connectivity index (χ0) is 29.0. The van der Waals surface area contributed by atoms with Gasteiger partial charge in [-0.25, -0.2) is 4.98 Å². The zero-order valence-corrected chi connectivity index (χ0v) is 25.0. The Morgan fingerprint density at radius 3 is 2.61 bits per heavy atom. The van der Waals surface area contributed by atoms with E-state index in [0.29, 0.717) is 5.02 Å².